The monoisotopic (exact) mass is 337 g/mol. The van der Waals surface area contributed by atoms with Crippen LogP contribution in [0.3, 0.4) is 0 Å². The highest BCUT2D eigenvalue weighted by molar-refractivity contribution is 6.34. The minimum atomic E-state index is -0.730. The Balaban J connectivity index is 1.91. The summed E-state index contributed by atoms with van der Waals surface area (Å²) in [6, 6.07) is 3.61. The molecule has 1 heterocycles. The number of rotatable bonds is 4. The second-order valence-corrected chi connectivity index (χ2v) is 5.47. The van der Waals surface area contributed by atoms with Gasteiger partial charge in [0.15, 0.2) is 6.61 Å². The number of hydrogen-bond donors (Lipinski definition) is 3. The van der Waals surface area contributed by atoms with Gasteiger partial charge >= 0.3 is 5.97 Å². The van der Waals surface area contributed by atoms with Gasteiger partial charge in [-0.3, -0.25) is 20.4 Å². The SMILES string of the molecule is Cc1cc(C)c(NC(=O)COC(=O)C2=CCC(=O)NN2)c(Cl)c1. The van der Waals surface area contributed by atoms with Crippen molar-refractivity contribution in [2.24, 2.45) is 0 Å². The highest BCUT2D eigenvalue weighted by atomic mass is 35.5. The van der Waals surface area contributed by atoms with Crippen molar-refractivity contribution in [2.45, 2.75) is 20.3 Å². The second-order valence-electron chi connectivity index (χ2n) is 5.06. The third-order valence-electron chi connectivity index (χ3n) is 3.08. The number of hydrogen-bond acceptors (Lipinski definition) is 5. The Morgan fingerprint density at radius 1 is 1.30 bits per heavy atom. The molecule has 0 aliphatic carbocycles. The molecule has 0 bridgehead atoms. The predicted octanol–water partition coefficient (Wildman–Crippen LogP) is 1.35. The normalized spacial score (nSPS) is 13.5. The van der Waals surface area contributed by atoms with Gasteiger partial charge in [0.05, 0.1) is 10.7 Å². The molecule has 0 spiro atoms. The Morgan fingerprint density at radius 2 is 2.04 bits per heavy atom. The lowest BCUT2D eigenvalue weighted by Crippen LogP contribution is -2.42. The molecule has 0 saturated carbocycles. The molecule has 0 atom stereocenters. The van der Waals surface area contributed by atoms with Crippen LogP contribution in [0, 0.1) is 13.8 Å². The molecule has 1 aliphatic rings. The molecule has 122 valence electrons. The Morgan fingerprint density at radius 3 is 2.65 bits per heavy atom. The summed E-state index contributed by atoms with van der Waals surface area (Å²) < 4.78 is 4.88. The van der Waals surface area contributed by atoms with Crippen molar-refractivity contribution in [2.75, 3.05) is 11.9 Å². The molecule has 0 unspecified atom stereocenters. The molecular formula is C15H16ClN3O4. The number of aryl methyl sites for hydroxylation is 2. The number of carbonyl (C=O) groups is 3. The van der Waals surface area contributed by atoms with E-state index in [1.54, 1.807) is 6.07 Å². The largest absolute Gasteiger partial charge is 0.451 e. The summed E-state index contributed by atoms with van der Waals surface area (Å²) >= 11 is 6.10. The van der Waals surface area contributed by atoms with E-state index in [0.29, 0.717) is 10.7 Å². The Hall–Kier alpha value is -2.54. The van der Waals surface area contributed by atoms with Gasteiger partial charge in [-0.15, -0.1) is 0 Å². The highest BCUT2D eigenvalue weighted by Gasteiger charge is 2.18. The van der Waals surface area contributed by atoms with E-state index in [9.17, 15) is 14.4 Å². The Bertz CT molecular complexity index is 677. The first-order valence-electron chi connectivity index (χ1n) is 6.85. The fourth-order valence-electron chi connectivity index (χ4n) is 2.03. The van der Waals surface area contributed by atoms with E-state index in [2.05, 4.69) is 16.2 Å². The summed E-state index contributed by atoms with van der Waals surface area (Å²) in [5, 5.41) is 3.03. The van der Waals surface area contributed by atoms with Crippen molar-refractivity contribution in [1.29, 1.82) is 0 Å². The number of benzene rings is 1. The summed E-state index contributed by atoms with van der Waals surface area (Å²) in [4.78, 5) is 34.6. The van der Waals surface area contributed by atoms with Crippen LogP contribution in [0.2, 0.25) is 5.02 Å². The maximum absolute atomic E-state index is 11.9. The molecule has 7 nitrogen and oxygen atoms in total. The second kappa shape index (κ2) is 7.15. The highest BCUT2D eigenvalue weighted by Crippen LogP contribution is 2.27. The summed E-state index contributed by atoms with van der Waals surface area (Å²) in [5.74, 6) is -1.50. The molecule has 1 aromatic rings. The molecule has 23 heavy (non-hydrogen) atoms. The summed E-state index contributed by atoms with van der Waals surface area (Å²) in [7, 11) is 0. The Labute approximate surface area is 138 Å². The van der Waals surface area contributed by atoms with Crippen LogP contribution in [-0.2, 0) is 19.1 Å². The summed E-state index contributed by atoms with van der Waals surface area (Å²) in [6.07, 6.45) is 1.46. The van der Waals surface area contributed by atoms with E-state index >= 15 is 0 Å². The average Bonchev–Trinajstić information content (AvgIpc) is 2.49. The number of esters is 1. The number of anilines is 1. The van der Waals surface area contributed by atoms with E-state index in [0.717, 1.165) is 11.1 Å². The molecule has 1 aliphatic heterocycles. The minimum absolute atomic E-state index is 0.0712. The van der Waals surface area contributed by atoms with Crippen molar-refractivity contribution in [3.63, 3.8) is 0 Å². The van der Waals surface area contributed by atoms with E-state index in [-0.39, 0.29) is 18.0 Å². The third-order valence-corrected chi connectivity index (χ3v) is 3.38. The van der Waals surface area contributed by atoms with Gasteiger partial charge in [-0.25, -0.2) is 4.79 Å². The standard InChI is InChI=1S/C15H16ClN3O4/c1-8-5-9(2)14(10(16)6-8)17-13(21)7-23-15(22)11-3-4-12(20)19-18-11/h3,5-6,18H,4,7H2,1-2H3,(H,17,21)(H,19,20). The van der Waals surface area contributed by atoms with Gasteiger partial charge in [0.1, 0.15) is 5.70 Å². The van der Waals surface area contributed by atoms with Crippen LogP contribution in [0.5, 0.6) is 0 Å². The molecule has 2 rings (SSSR count). The van der Waals surface area contributed by atoms with Crippen molar-refractivity contribution >= 4 is 35.1 Å². The number of nitrogens with one attached hydrogen (secondary N) is 3. The zero-order valence-electron chi connectivity index (χ0n) is 12.7. The molecule has 0 radical (unpaired) electrons. The molecule has 8 heteroatoms. The van der Waals surface area contributed by atoms with Crippen molar-refractivity contribution in [3.05, 3.63) is 40.1 Å². The van der Waals surface area contributed by atoms with Gasteiger partial charge in [-0.1, -0.05) is 17.7 Å². The van der Waals surface area contributed by atoms with E-state index in [1.807, 2.05) is 19.9 Å². The van der Waals surface area contributed by atoms with Gasteiger partial charge in [0.2, 0.25) is 5.91 Å². The van der Waals surface area contributed by atoms with Crippen LogP contribution < -0.4 is 16.2 Å². The minimum Gasteiger partial charge on any atom is -0.451 e. The molecule has 2 amide bonds. The van der Waals surface area contributed by atoms with Crippen LogP contribution >= 0.6 is 11.6 Å². The Kier molecular flexibility index (Phi) is 5.23. The topological polar surface area (TPSA) is 96.5 Å². The molecular weight excluding hydrogens is 322 g/mol. The lowest BCUT2D eigenvalue weighted by atomic mass is 10.1. The molecule has 0 aromatic heterocycles. The molecule has 0 saturated heterocycles. The summed E-state index contributed by atoms with van der Waals surface area (Å²) in [5.41, 5.74) is 7.05. The van der Waals surface area contributed by atoms with Crippen LogP contribution in [-0.4, -0.2) is 24.4 Å². The summed E-state index contributed by atoms with van der Waals surface area (Å²) in [6.45, 7) is 3.26. The number of carbonyl (C=O) groups excluding carboxylic acids is 3. The number of hydrazine groups is 1. The van der Waals surface area contributed by atoms with Gasteiger partial charge in [-0.2, -0.15) is 0 Å². The quantitative estimate of drug-likeness (QED) is 0.721. The first-order chi connectivity index (χ1) is 10.9. The first-order valence-corrected chi connectivity index (χ1v) is 7.23. The van der Waals surface area contributed by atoms with Gasteiger partial charge < -0.3 is 10.1 Å². The van der Waals surface area contributed by atoms with Crippen LogP contribution in [0.1, 0.15) is 17.5 Å². The maximum atomic E-state index is 11.9. The van der Waals surface area contributed by atoms with Crippen LogP contribution in [0.25, 0.3) is 0 Å². The van der Waals surface area contributed by atoms with Crippen LogP contribution in [0.15, 0.2) is 23.9 Å². The number of ether oxygens (including phenoxy) is 1. The van der Waals surface area contributed by atoms with Gasteiger partial charge in [0.25, 0.3) is 5.91 Å². The van der Waals surface area contributed by atoms with Crippen molar-refractivity contribution in [3.8, 4) is 0 Å². The lowest BCUT2D eigenvalue weighted by Gasteiger charge is -2.15. The molecule has 0 fully saturated rings. The van der Waals surface area contributed by atoms with Crippen LogP contribution in [0.4, 0.5) is 5.69 Å². The zero-order chi connectivity index (χ0) is 17.0. The van der Waals surface area contributed by atoms with Gasteiger partial charge in [0, 0.05) is 6.42 Å². The fraction of sp³-hybridized carbons (Fsp3) is 0.267. The lowest BCUT2D eigenvalue weighted by molar-refractivity contribution is -0.144. The van der Waals surface area contributed by atoms with Gasteiger partial charge in [-0.05, 0) is 37.1 Å². The number of halogens is 1. The van der Waals surface area contributed by atoms with Crippen molar-refractivity contribution in [1.82, 2.24) is 10.9 Å². The average molecular weight is 338 g/mol. The van der Waals surface area contributed by atoms with E-state index < -0.39 is 18.5 Å². The third kappa shape index (κ3) is 4.46. The molecule has 3 N–H and O–H groups in total. The number of amides is 2. The smallest absolute Gasteiger partial charge is 0.356 e. The van der Waals surface area contributed by atoms with Crippen molar-refractivity contribution < 1.29 is 19.1 Å². The predicted molar refractivity (Wildman–Crippen MR) is 84.5 cm³/mol. The van der Waals surface area contributed by atoms with E-state index in [4.69, 9.17) is 16.3 Å². The maximum Gasteiger partial charge on any atom is 0.356 e. The zero-order valence-corrected chi connectivity index (χ0v) is 13.4. The first kappa shape index (κ1) is 16.8. The molecule has 1 aromatic carbocycles. The van der Waals surface area contributed by atoms with E-state index in [1.165, 1.54) is 6.08 Å². The fourth-order valence-corrected chi connectivity index (χ4v) is 2.40.